The first kappa shape index (κ1) is 17.6. The van der Waals surface area contributed by atoms with Gasteiger partial charge >= 0.3 is 0 Å². The second kappa shape index (κ2) is 8.76. The van der Waals surface area contributed by atoms with Gasteiger partial charge in [-0.3, -0.25) is 4.79 Å². The Morgan fingerprint density at radius 3 is 2.52 bits per heavy atom. The molecule has 0 saturated carbocycles. The third-order valence-electron chi connectivity index (χ3n) is 2.91. The summed E-state index contributed by atoms with van der Waals surface area (Å²) in [5.41, 5.74) is 1.03. The van der Waals surface area contributed by atoms with Gasteiger partial charge in [0.25, 0.3) is 0 Å². The van der Waals surface area contributed by atoms with Crippen molar-refractivity contribution in [2.75, 3.05) is 39.6 Å². The molecule has 0 saturated heterocycles. The first-order chi connectivity index (χ1) is 9.93. The van der Waals surface area contributed by atoms with Gasteiger partial charge in [0.15, 0.2) is 0 Å². The number of carbonyl (C=O) groups excluding carboxylic acids is 1. The first-order valence-corrected chi connectivity index (χ1v) is 8.53. The van der Waals surface area contributed by atoms with E-state index < -0.39 is 10.0 Å². The predicted molar refractivity (Wildman–Crippen MR) is 81.4 cm³/mol. The molecule has 0 aliphatic carbocycles. The molecule has 6 nitrogen and oxygen atoms in total. The highest BCUT2D eigenvalue weighted by molar-refractivity contribution is 7.88. The van der Waals surface area contributed by atoms with Crippen molar-refractivity contribution in [1.82, 2.24) is 9.62 Å². The molecule has 0 atom stereocenters. The number of benzene rings is 1. The number of hydrogen-bond donors (Lipinski definition) is 1. The molecule has 1 aromatic rings. The number of rotatable bonds is 9. The molecule has 118 valence electrons. The van der Waals surface area contributed by atoms with Crippen LogP contribution in [0, 0.1) is 0 Å². The Hall–Kier alpha value is -1.44. The molecular weight excluding hydrogens is 292 g/mol. The molecule has 0 bridgehead atoms. The maximum atomic E-state index is 11.7. The fourth-order valence-corrected chi connectivity index (χ4v) is 2.54. The molecule has 0 spiro atoms. The smallest absolute Gasteiger partial charge is 0.235 e. The number of amides is 1. The van der Waals surface area contributed by atoms with Crippen molar-refractivity contribution < 1.29 is 17.9 Å². The van der Waals surface area contributed by atoms with Gasteiger partial charge in [0.1, 0.15) is 0 Å². The molecule has 0 aliphatic heterocycles. The van der Waals surface area contributed by atoms with Crippen molar-refractivity contribution >= 4 is 15.9 Å². The minimum atomic E-state index is -3.42. The molecule has 1 N–H and O–H groups in total. The van der Waals surface area contributed by atoms with Crippen LogP contribution in [0.5, 0.6) is 0 Å². The largest absolute Gasteiger partial charge is 0.383 e. The summed E-state index contributed by atoms with van der Waals surface area (Å²) >= 11 is 0. The van der Waals surface area contributed by atoms with Gasteiger partial charge in [-0.2, -0.15) is 4.31 Å². The van der Waals surface area contributed by atoms with Crippen LogP contribution < -0.4 is 5.32 Å². The zero-order chi connectivity index (χ0) is 15.7. The average molecular weight is 314 g/mol. The van der Waals surface area contributed by atoms with Crippen LogP contribution >= 0.6 is 0 Å². The molecule has 21 heavy (non-hydrogen) atoms. The van der Waals surface area contributed by atoms with Crippen LogP contribution in [0.2, 0.25) is 0 Å². The van der Waals surface area contributed by atoms with Crippen LogP contribution in [0.25, 0.3) is 0 Å². The van der Waals surface area contributed by atoms with Gasteiger partial charge in [0.05, 0.1) is 19.4 Å². The highest BCUT2D eigenvalue weighted by Crippen LogP contribution is 2.04. The van der Waals surface area contributed by atoms with E-state index in [0.29, 0.717) is 19.6 Å². The lowest BCUT2D eigenvalue weighted by molar-refractivity contribution is -0.121. The SMILES string of the molecule is COCCNC(=O)CN(CCc1ccccc1)S(C)(=O)=O. The number of carbonyl (C=O) groups is 1. The Morgan fingerprint density at radius 1 is 1.29 bits per heavy atom. The summed E-state index contributed by atoms with van der Waals surface area (Å²) in [6.07, 6.45) is 1.68. The van der Waals surface area contributed by atoms with Crippen LogP contribution in [0.4, 0.5) is 0 Å². The average Bonchev–Trinajstić information content (AvgIpc) is 2.43. The zero-order valence-corrected chi connectivity index (χ0v) is 13.2. The van der Waals surface area contributed by atoms with Crippen LogP contribution in [0.15, 0.2) is 30.3 Å². The topological polar surface area (TPSA) is 75.7 Å². The molecule has 1 amide bonds. The summed E-state index contributed by atoms with van der Waals surface area (Å²) in [4.78, 5) is 11.7. The molecule has 7 heteroatoms. The van der Waals surface area contributed by atoms with E-state index in [2.05, 4.69) is 5.32 Å². The molecule has 1 aromatic carbocycles. The van der Waals surface area contributed by atoms with E-state index in [1.54, 1.807) is 0 Å². The highest BCUT2D eigenvalue weighted by atomic mass is 32.2. The molecule has 0 aliphatic rings. The van der Waals surface area contributed by atoms with Gasteiger partial charge in [0, 0.05) is 20.2 Å². The number of ether oxygens (including phenoxy) is 1. The summed E-state index contributed by atoms with van der Waals surface area (Å²) in [5, 5.41) is 2.61. The third kappa shape index (κ3) is 7.22. The second-order valence-electron chi connectivity index (χ2n) is 4.67. The maximum absolute atomic E-state index is 11.7. The van der Waals surface area contributed by atoms with Gasteiger partial charge in [-0.15, -0.1) is 0 Å². The number of nitrogens with one attached hydrogen (secondary N) is 1. The number of sulfonamides is 1. The Morgan fingerprint density at radius 2 is 1.95 bits per heavy atom. The molecular formula is C14H22N2O4S. The van der Waals surface area contributed by atoms with Gasteiger partial charge in [-0.05, 0) is 12.0 Å². The lowest BCUT2D eigenvalue weighted by Gasteiger charge is -2.19. The fraction of sp³-hybridized carbons (Fsp3) is 0.500. The predicted octanol–water partition coefficient (Wildman–Crippen LogP) is 0.253. The molecule has 0 radical (unpaired) electrons. The normalized spacial score (nSPS) is 11.6. The third-order valence-corrected chi connectivity index (χ3v) is 4.16. The van der Waals surface area contributed by atoms with Crippen molar-refractivity contribution in [1.29, 1.82) is 0 Å². The van der Waals surface area contributed by atoms with Crippen molar-refractivity contribution in [2.24, 2.45) is 0 Å². The molecule has 0 aromatic heterocycles. The summed E-state index contributed by atoms with van der Waals surface area (Å²) in [5.74, 6) is -0.328. The van der Waals surface area contributed by atoms with Gasteiger partial charge in [-0.25, -0.2) is 8.42 Å². The van der Waals surface area contributed by atoms with Gasteiger partial charge in [-0.1, -0.05) is 30.3 Å². The Balaban J connectivity index is 2.55. The van der Waals surface area contributed by atoms with Crippen LogP contribution in [-0.4, -0.2) is 58.2 Å². The molecule has 0 heterocycles. The second-order valence-corrected chi connectivity index (χ2v) is 6.66. The van der Waals surface area contributed by atoms with E-state index >= 15 is 0 Å². The Labute approximate surface area is 126 Å². The van der Waals surface area contributed by atoms with E-state index in [9.17, 15) is 13.2 Å². The maximum Gasteiger partial charge on any atom is 0.235 e. The first-order valence-electron chi connectivity index (χ1n) is 6.68. The zero-order valence-electron chi connectivity index (χ0n) is 12.4. The van der Waals surface area contributed by atoms with Crippen LogP contribution in [0.3, 0.4) is 0 Å². The van der Waals surface area contributed by atoms with Crippen molar-refractivity contribution in [3.05, 3.63) is 35.9 Å². The minimum absolute atomic E-state index is 0.171. The fourth-order valence-electron chi connectivity index (χ4n) is 1.77. The summed E-state index contributed by atoms with van der Waals surface area (Å²) in [6.45, 7) is 0.871. The van der Waals surface area contributed by atoms with Crippen molar-refractivity contribution in [3.63, 3.8) is 0 Å². The van der Waals surface area contributed by atoms with Crippen LogP contribution in [0.1, 0.15) is 5.56 Å². The lowest BCUT2D eigenvalue weighted by Crippen LogP contribution is -2.42. The monoisotopic (exact) mass is 314 g/mol. The van der Waals surface area contributed by atoms with E-state index in [1.807, 2.05) is 30.3 Å². The Kier molecular flexibility index (Phi) is 7.35. The van der Waals surface area contributed by atoms with E-state index in [-0.39, 0.29) is 19.0 Å². The van der Waals surface area contributed by atoms with Crippen molar-refractivity contribution in [3.8, 4) is 0 Å². The van der Waals surface area contributed by atoms with E-state index in [1.165, 1.54) is 11.4 Å². The van der Waals surface area contributed by atoms with Gasteiger partial charge in [0.2, 0.25) is 15.9 Å². The van der Waals surface area contributed by atoms with Crippen LogP contribution in [-0.2, 0) is 26.0 Å². The molecule has 0 unspecified atom stereocenters. The lowest BCUT2D eigenvalue weighted by atomic mass is 10.1. The van der Waals surface area contributed by atoms with E-state index in [4.69, 9.17) is 4.74 Å². The molecule has 0 fully saturated rings. The highest BCUT2D eigenvalue weighted by Gasteiger charge is 2.19. The van der Waals surface area contributed by atoms with Gasteiger partial charge < -0.3 is 10.1 Å². The number of nitrogens with zero attached hydrogens (tertiary/aromatic N) is 1. The minimum Gasteiger partial charge on any atom is -0.383 e. The quantitative estimate of drug-likeness (QED) is 0.663. The summed E-state index contributed by atoms with van der Waals surface area (Å²) in [7, 11) is -1.88. The summed E-state index contributed by atoms with van der Waals surface area (Å²) < 4.78 is 29.5. The standard InChI is InChI=1S/C14H22N2O4S/c1-20-11-9-15-14(17)12-16(21(2,18)19)10-8-13-6-4-3-5-7-13/h3-7H,8-12H2,1-2H3,(H,15,17). The number of methoxy groups -OCH3 is 1. The molecule has 1 rings (SSSR count). The summed E-state index contributed by atoms with van der Waals surface area (Å²) in [6, 6.07) is 9.56. The van der Waals surface area contributed by atoms with Crippen molar-refractivity contribution in [2.45, 2.75) is 6.42 Å². The Bertz CT molecular complexity index is 531. The van der Waals surface area contributed by atoms with E-state index in [0.717, 1.165) is 11.8 Å². The number of hydrogen-bond acceptors (Lipinski definition) is 4.